The fourth-order valence-electron chi connectivity index (χ4n) is 3.89. The van der Waals surface area contributed by atoms with Gasteiger partial charge in [-0.2, -0.15) is 17.8 Å². The van der Waals surface area contributed by atoms with Crippen LogP contribution in [0.5, 0.6) is 0 Å². The second-order valence-electron chi connectivity index (χ2n) is 8.27. The van der Waals surface area contributed by atoms with E-state index in [0.29, 0.717) is 17.0 Å². The van der Waals surface area contributed by atoms with Gasteiger partial charge in [-0.1, -0.05) is 61.0 Å². The third-order valence-corrected chi connectivity index (χ3v) is 7.99. The van der Waals surface area contributed by atoms with Crippen LogP contribution in [0.4, 0.5) is 0 Å². The summed E-state index contributed by atoms with van der Waals surface area (Å²) in [5, 5.41) is 12.2. The number of rotatable bonds is 11. The molecule has 1 amide bonds. The zero-order valence-electron chi connectivity index (χ0n) is 21.0. The molecule has 1 unspecified atom stereocenters. The number of halogens is 1. The van der Waals surface area contributed by atoms with Crippen LogP contribution in [0, 0.1) is 0 Å². The van der Waals surface area contributed by atoms with Gasteiger partial charge in [0.15, 0.2) is 6.04 Å². The van der Waals surface area contributed by atoms with Crippen molar-refractivity contribution in [2.24, 2.45) is 0 Å². The third kappa shape index (κ3) is 7.58. The minimum absolute atomic E-state index is 0. The molecule has 0 saturated heterocycles. The monoisotopic (exact) mass is 578 g/mol. The zero-order valence-corrected chi connectivity index (χ0v) is 23.6. The molecule has 0 spiro atoms. The van der Waals surface area contributed by atoms with Crippen molar-refractivity contribution in [2.45, 2.75) is 36.9 Å². The van der Waals surface area contributed by atoms with E-state index in [4.69, 9.17) is 11.6 Å². The van der Waals surface area contributed by atoms with E-state index in [1.807, 2.05) is 37.3 Å². The summed E-state index contributed by atoms with van der Waals surface area (Å²) in [6.45, 7) is 1.38. The summed E-state index contributed by atoms with van der Waals surface area (Å²) in [5.74, 6) is -1.33. The molecular weight excluding hydrogens is 548 g/mol. The second-order valence-corrected chi connectivity index (χ2v) is 10.6. The van der Waals surface area contributed by atoms with Gasteiger partial charge in [-0.15, -0.1) is 0 Å². The fourth-order valence-corrected chi connectivity index (χ4v) is 5.69. The van der Waals surface area contributed by atoms with Gasteiger partial charge in [0.25, 0.3) is 5.91 Å². The molecule has 0 aliphatic heterocycles. The minimum atomic E-state index is -3.92. The Hall–Kier alpha value is -2.89. The Bertz CT molecular complexity index is 1300. The maximum Gasteiger partial charge on any atom is 0.330 e. The summed E-state index contributed by atoms with van der Waals surface area (Å²) in [7, 11) is -2.76. The Balaban J connectivity index is 0.00000507. The number of amides is 1. The molecule has 2 atom stereocenters. The molecule has 0 heterocycles. The molecule has 0 fully saturated rings. The van der Waals surface area contributed by atoms with Crippen LogP contribution in [0.25, 0.3) is 0 Å². The van der Waals surface area contributed by atoms with Crippen LogP contribution in [0.15, 0.2) is 83.8 Å². The number of nitrogens with one attached hydrogen (secondary N) is 1. The number of ether oxygens (including phenoxy) is 1. The van der Waals surface area contributed by atoms with Crippen LogP contribution < -0.4 is 5.32 Å². The second kappa shape index (κ2) is 14.3. The van der Waals surface area contributed by atoms with Crippen LogP contribution >= 0.6 is 25.1 Å². The van der Waals surface area contributed by atoms with Crippen molar-refractivity contribution in [1.82, 2.24) is 9.62 Å². The zero-order chi connectivity index (χ0) is 27.0. The topological polar surface area (TPSA) is 113 Å². The summed E-state index contributed by atoms with van der Waals surface area (Å²) in [6.07, 6.45) is 0.535. The third-order valence-electron chi connectivity index (χ3n) is 5.87. The van der Waals surface area contributed by atoms with E-state index in [1.165, 1.54) is 40.7 Å². The van der Waals surface area contributed by atoms with E-state index in [9.17, 15) is 23.1 Å². The molecule has 3 aromatic carbocycles. The van der Waals surface area contributed by atoms with Gasteiger partial charge in [-0.25, -0.2) is 13.2 Å². The average molecular weight is 579 g/mol. The van der Waals surface area contributed by atoms with Gasteiger partial charge in [0.1, 0.15) is 0 Å². The maximum absolute atomic E-state index is 13.8. The summed E-state index contributed by atoms with van der Waals surface area (Å²) < 4.78 is 33.6. The van der Waals surface area contributed by atoms with Crippen LogP contribution in [0.1, 0.15) is 40.9 Å². The highest BCUT2D eigenvalue weighted by atomic mass is 35.5. The first-order valence-electron chi connectivity index (χ1n) is 11.6. The number of hydrogen-bond acceptors (Lipinski definition) is 6. The summed E-state index contributed by atoms with van der Waals surface area (Å²) in [4.78, 5) is 24.3. The van der Waals surface area contributed by atoms with Crippen LogP contribution in [0.3, 0.4) is 0 Å². The Labute approximate surface area is 235 Å². The highest BCUT2D eigenvalue weighted by Crippen LogP contribution is 2.32. The van der Waals surface area contributed by atoms with E-state index in [2.05, 4.69) is 10.1 Å². The molecule has 0 bridgehead atoms. The number of esters is 1. The molecule has 38 heavy (non-hydrogen) atoms. The normalized spacial score (nSPS) is 12.8. The van der Waals surface area contributed by atoms with E-state index in [0.717, 1.165) is 12.7 Å². The van der Waals surface area contributed by atoms with Crippen molar-refractivity contribution < 1.29 is 27.9 Å². The maximum atomic E-state index is 13.8. The molecule has 3 aromatic rings. The van der Waals surface area contributed by atoms with Crippen molar-refractivity contribution in [3.8, 4) is 0 Å². The van der Waals surface area contributed by atoms with Crippen molar-refractivity contribution in [3.63, 3.8) is 0 Å². The van der Waals surface area contributed by atoms with Gasteiger partial charge in [-0.05, 0) is 53.9 Å². The number of nitrogens with zero attached hydrogens (tertiary/aromatic N) is 1. The number of sulfonamides is 1. The van der Waals surface area contributed by atoms with Gasteiger partial charge in [0.05, 0.1) is 24.7 Å². The lowest BCUT2D eigenvalue weighted by molar-refractivity contribution is -0.143. The Morgan fingerprint density at radius 3 is 2.13 bits per heavy atom. The molecule has 3 rings (SSSR count). The Morgan fingerprint density at radius 1 is 1.00 bits per heavy atom. The number of carbonyl (C=O) groups is 2. The van der Waals surface area contributed by atoms with Crippen LogP contribution in [-0.4, -0.2) is 49.5 Å². The number of hydrogen-bond donors (Lipinski definition) is 2. The van der Waals surface area contributed by atoms with Gasteiger partial charge in [0, 0.05) is 17.1 Å². The minimum Gasteiger partial charge on any atom is -0.467 e. The smallest absolute Gasteiger partial charge is 0.330 e. The molecule has 2 N–H and O–H groups in total. The van der Waals surface area contributed by atoms with Crippen molar-refractivity contribution in [3.05, 3.63) is 101 Å². The largest absolute Gasteiger partial charge is 0.467 e. The molecule has 0 aliphatic carbocycles. The van der Waals surface area contributed by atoms with Crippen molar-refractivity contribution in [1.29, 1.82) is 0 Å². The summed E-state index contributed by atoms with van der Waals surface area (Å²) in [6, 6.07) is 20.2. The predicted octanol–water partition coefficient (Wildman–Crippen LogP) is 4.06. The van der Waals surface area contributed by atoms with Crippen LogP contribution in [-0.2, 0) is 26.1 Å². The fraction of sp³-hybridized carbons (Fsp3) is 0.259. The van der Waals surface area contributed by atoms with Gasteiger partial charge < -0.3 is 15.2 Å². The number of benzene rings is 3. The lowest BCUT2D eigenvalue weighted by atomic mass is 10.0. The van der Waals surface area contributed by atoms with Crippen molar-refractivity contribution >= 4 is 47.0 Å². The molecule has 204 valence electrons. The SMILES string of the molecule is CCC(c1ccccc1)N(Cc1ccc(C(=O)N[C@@H](CO)C(=O)OC)cc1)S(=O)(=O)c1ccc(Cl)cc1.S. The highest BCUT2D eigenvalue weighted by Gasteiger charge is 2.32. The number of aliphatic hydroxyl groups is 1. The first-order valence-corrected chi connectivity index (χ1v) is 13.4. The van der Waals surface area contributed by atoms with E-state index >= 15 is 0 Å². The highest BCUT2D eigenvalue weighted by molar-refractivity contribution is 7.89. The number of carbonyl (C=O) groups excluding carboxylic acids is 2. The van der Waals surface area contributed by atoms with Crippen molar-refractivity contribution in [2.75, 3.05) is 13.7 Å². The Morgan fingerprint density at radius 2 is 1.61 bits per heavy atom. The van der Waals surface area contributed by atoms with Gasteiger partial charge >= 0.3 is 5.97 Å². The molecular formula is C27H31ClN2O6S2. The first kappa shape index (κ1) is 31.3. The molecule has 8 nitrogen and oxygen atoms in total. The standard InChI is InChI=1S/C27H29ClN2O6S.H2S/c1-3-25(20-7-5-4-6-8-20)30(37(34,35)23-15-13-22(28)14-16-23)17-19-9-11-21(12-10-19)26(32)29-24(18-31)27(33)36-2;/h4-16,24-25,31H,3,17-18H2,1-2H3,(H,29,32);1H2/t24-,25?;/m0./s1. The molecule has 0 aliphatic rings. The summed E-state index contributed by atoms with van der Waals surface area (Å²) >= 11 is 5.98. The Kier molecular flexibility index (Phi) is 11.8. The lowest BCUT2D eigenvalue weighted by Crippen LogP contribution is -2.44. The van der Waals surface area contributed by atoms with E-state index in [1.54, 1.807) is 12.1 Å². The lowest BCUT2D eigenvalue weighted by Gasteiger charge is -2.31. The number of aliphatic hydroxyl groups excluding tert-OH is 1. The van der Waals surface area contributed by atoms with Gasteiger partial charge in [0.2, 0.25) is 10.0 Å². The quantitative estimate of drug-likeness (QED) is 0.332. The van der Waals surface area contributed by atoms with E-state index in [-0.39, 0.29) is 30.5 Å². The molecule has 11 heteroatoms. The average Bonchev–Trinajstić information content (AvgIpc) is 2.92. The van der Waals surface area contributed by atoms with E-state index < -0.39 is 40.6 Å². The summed E-state index contributed by atoms with van der Waals surface area (Å²) in [5.41, 5.74) is 1.76. The molecule has 0 radical (unpaired) electrons. The first-order chi connectivity index (χ1) is 17.7. The predicted molar refractivity (Wildman–Crippen MR) is 151 cm³/mol. The molecule has 0 aromatic heterocycles. The van der Waals surface area contributed by atoms with Gasteiger partial charge in [-0.3, -0.25) is 4.79 Å². The van der Waals surface area contributed by atoms with Crippen LogP contribution in [0.2, 0.25) is 5.02 Å². The number of methoxy groups -OCH3 is 1. The molecule has 0 saturated carbocycles.